The molecule has 2 fully saturated rings. The van der Waals surface area contributed by atoms with Gasteiger partial charge in [-0.15, -0.1) is 0 Å². The highest BCUT2D eigenvalue weighted by Crippen LogP contribution is 2.70. The van der Waals surface area contributed by atoms with Gasteiger partial charge in [0.25, 0.3) is 11.1 Å². The molecule has 0 amide bonds. The van der Waals surface area contributed by atoms with Crippen LogP contribution in [-0.2, 0) is 32.0 Å². The van der Waals surface area contributed by atoms with Crippen LogP contribution >= 0.6 is 33.4 Å². The first-order valence-electron chi connectivity index (χ1n) is 14.2. The van der Waals surface area contributed by atoms with Crippen molar-refractivity contribution in [2.24, 2.45) is 0 Å². The van der Waals surface area contributed by atoms with E-state index in [1.807, 2.05) is 0 Å². The zero-order chi connectivity index (χ0) is 37.2. The summed E-state index contributed by atoms with van der Waals surface area (Å²) in [7, 11) is -10.5. The van der Waals surface area contributed by atoms with E-state index in [-0.39, 0.29) is 45.6 Å². The van der Waals surface area contributed by atoms with Crippen LogP contribution in [0.3, 0.4) is 0 Å². The molecule has 4 aromatic rings. The van der Waals surface area contributed by atoms with E-state index in [1.54, 1.807) is 0 Å². The molecule has 0 spiro atoms. The standard InChI is InChI=1S/C21H29N10O16P3S/c22-20-26-14-8(16(36)28-20)24-3-30(14)18-12(34)10(32)6(45-18)1-44-48(38,39)5-49(40,41)47-50(42,43)51-2-7-11(33)13(35)19(46-7)31-4-25-9-15(31)27-21(23)29-17(9)37/h3-4,6-7,10-13,18-19,32-35H,1-2,5H2,(H,38,39)(H,40,41)(H,42,43)(H3,22,26,28,36)(H3,23,27,29,37). The second-order valence-corrected chi connectivity index (χ2v) is 19.5. The molecule has 11 atom stereocenters. The number of aromatic nitrogens is 8. The molecule has 6 rings (SSSR count). The fourth-order valence-corrected chi connectivity index (χ4v) is 12.9. The second kappa shape index (κ2) is 13.7. The summed E-state index contributed by atoms with van der Waals surface area (Å²) in [5.74, 6) is -2.89. The van der Waals surface area contributed by atoms with E-state index in [9.17, 15) is 58.4 Å². The molecule has 2 saturated heterocycles. The molecule has 51 heavy (non-hydrogen) atoms. The number of hydrogen-bond acceptors (Lipinski definition) is 20. The Balaban J connectivity index is 1.04. The number of H-pyrrole nitrogens is 2. The number of imidazole rings is 2. The van der Waals surface area contributed by atoms with Gasteiger partial charge in [0.05, 0.1) is 25.4 Å². The van der Waals surface area contributed by atoms with Crippen molar-refractivity contribution in [3.05, 3.63) is 33.4 Å². The van der Waals surface area contributed by atoms with Crippen LogP contribution in [0.4, 0.5) is 11.9 Å². The lowest BCUT2D eigenvalue weighted by molar-refractivity contribution is -0.0483. The molecular formula is C21H29N10O16P3S. The third kappa shape index (κ3) is 7.69. The van der Waals surface area contributed by atoms with E-state index < -0.39 is 100 Å². The summed E-state index contributed by atoms with van der Waals surface area (Å²) in [6.45, 7) is -6.09. The van der Waals surface area contributed by atoms with Crippen molar-refractivity contribution in [1.29, 1.82) is 0 Å². The van der Waals surface area contributed by atoms with Gasteiger partial charge in [-0.25, -0.2) is 18.8 Å². The molecule has 0 radical (unpaired) electrons. The zero-order valence-corrected chi connectivity index (χ0v) is 28.8. The number of nitrogens with two attached hydrogens (primary N) is 2. The van der Waals surface area contributed by atoms with E-state index in [0.29, 0.717) is 0 Å². The second-order valence-electron chi connectivity index (χ2n) is 11.2. The first-order chi connectivity index (χ1) is 23.8. The molecule has 0 saturated carbocycles. The maximum absolute atomic E-state index is 12.7. The van der Waals surface area contributed by atoms with Crippen molar-refractivity contribution in [1.82, 2.24) is 39.0 Å². The number of aliphatic hydroxyl groups excluding tert-OH is 4. The molecular weight excluding hydrogens is 773 g/mol. The van der Waals surface area contributed by atoms with E-state index in [0.717, 1.165) is 21.8 Å². The van der Waals surface area contributed by atoms with Crippen LogP contribution in [0.25, 0.3) is 22.3 Å². The van der Waals surface area contributed by atoms with Crippen molar-refractivity contribution < 1.29 is 67.1 Å². The van der Waals surface area contributed by atoms with Crippen molar-refractivity contribution in [3.63, 3.8) is 0 Å². The number of anilines is 2. The Morgan fingerprint density at radius 2 is 1.25 bits per heavy atom. The number of nitrogens with one attached hydrogen (secondary N) is 2. The van der Waals surface area contributed by atoms with E-state index >= 15 is 0 Å². The van der Waals surface area contributed by atoms with Gasteiger partial charge in [0.1, 0.15) is 30.5 Å². The molecule has 4 aromatic heterocycles. The molecule has 2 aliphatic rings. The number of ether oxygens (including phenoxy) is 2. The van der Waals surface area contributed by atoms with Gasteiger partial charge in [0.2, 0.25) is 11.9 Å². The van der Waals surface area contributed by atoms with E-state index in [2.05, 4.69) is 34.2 Å². The topological polar surface area (TPSA) is 409 Å². The number of nitrogen functional groups attached to an aromatic ring is 2. The summed E-state index contributed by atoms with van der Waals surface area (Å²) in [6, 6.07) is 0. The molecule has 0 aromatic carbocycles. The summed E-state index contributed by atoms with van der Waals surface area (Å²) in [6.07, 6.45) is -10.4. The lowest BCUT2D eigenvalue weighted by atomic mass is 10.1. The first kappa shape index (κ1) is 37.7. The van der Waals surface area contributed by atoms with Crippen molar-refractivity contribution in [3.8, 4) is 0 Å². The lowest BCUT2D eigenvalue weighted by Gasteiger charge is -2.21. The highest BCUT2D eigenvalue weighted by atomic mass is 32.7. The average molecular weight is 803 g/mol. The van der Waals surface area contributed by atoms with Crippen molar-refractivity contribution >= 4 is 67.6 Å². The van der Waals surface area contributed by atoms with Gasteiger partial charge in [-0.3, -0.25) is 37.8 Å². The Hall–Kier alpha value is -3.10. The van der Waals surface area contributed by atoms with Gasteiger partial charge in [-0.2, -0.15) is 9.97 Å². The first-order valence-corrected chi connectivity index (χ1v) is 20.9. The van der Waals surface area contributed by atoms with Gasteiger partial charge in [0, 0.05) is 5.75 Å². The number of fused-ring (bicyclic) bond motifs is 2. The molecule has 13 N–H and O–H groups in total. The summed E-state index contributed by atoms with van der Waals surface area (Å²) < 4.78 is 60.6. The predicted octanol–water partition coefficient (Wildman–Crippen LogP) is -3.15. The van der Waals surface area contributed by atoms with E-state index in [4.69, 9.17) is 25.5 Å². The lowest BCUT2D eigenvalue weighted by Crippen LogP contribution is -2.33. The largest absolute Gasteiger partial charge is 0.393 e. The number of hydrogen-bond donors (Lipinski definition) is 11. The molecule has 0 bridgehead atoms. The summed E-state index contributed by atoms with van der Waals surface area (Å²) in [5.41, 5.74) is 9.16. The van der Waals surface area contributed by atoms with Crippen LogP contribution in [0.15, 0.2) is 22.2 Å². The SMILES string of the molecule is Nc1nc2c(ncn2C2OC(COP(=O)(O)CP(=O)(O)OP(=O)(O)SCC3OC(n4cnc5c(=O)[nH]c(N)nc54)C(O)C3O)C(O)C2O)c(=O)[nH]1. The minimum Gasteiger partial charge on any atom is -0.387 e. The average Bonchev–Trinajstić information content (AvgIpc) is 3.76. The molecule has 0 aliphatic carbocycles. The summed E-state index contributed by atoms with van der Waals surface area (Å²) >= 11 is -0.0118. The van der Waals surface area contributed by atoms with Gasteiger partial charge >= 0.3 is 22.0 Å². The van der Waals surface area contributed by atoms with Gasteiger partial charge in [0.15, 0.2) is 40.7 Å². The molecule has 2 aliphatic heterocycles. The maximum Gasteiger partial charge on any atom is 0.393 e. The Bertz CT molecular complexity index is 2080. The molecule has 11 unspecified atom stereocenters. The molecule has 280 valence electrons. The normalized spacial score (nSPS) is 30.4. The van der Waals surface area contributed by atoms with Crippen LogP contribution in [-0.4, -0.2) is 129 Å². The van der Waals surface area contributed by atoms with Crippen LogP contribution in [0, 0.1) is 0 Å². The number of aliphatic hydroxyl groups is 4. The van der Waals surface area contributed by atoms with Crippen molar-refractivity contribution in [2.45, 2.75) is 49.1 Å². The zero-order valence-electron chi connectivity index (χ0n) is 25.3. The fourth-order valence-electron chi connectivity index (χ4n) is 5.29. The Morgan fingerprint density at radius 1 is 0.784 bits per heavy atom. The van der Waals surface area contributed by atoms with Crippen LogP contribution < -0.4 is 22.6 Å². The highest BCUT2D eigenvalue weighted by Gasteiger charge is 2.48. The van der Waals surface area contributed by atoms with Gasteiger partial charge in [-0.1, -0.05) is 0 Å². The number of aromatic amines is 2. The minimum absolute atomic E-state index is 0.0118. The van der Waals surface area contributed by atoms with Crippen LogP contribution in [0.2, 0.25) is 0 Å². The summed E-state index contributed by atoms with van der Waals surface area (Å²) in [5, 5.41) is 42.1. The highest BCUT2D eigenvalue weighted by molar-refractivity contribution is 8.55. The minimum atomic E-state index is -5.40. The Kier molecular flexibility index (Phi) is 10.1. The Labute approximate surface area is 285 Å². The smallest absolute Gasteiger partial charge is 0.387 e. The van der Waals surface area contributed by atoms with Gasteiger partial charge in [-0.05, 0) is 11.4 Å². The maximum atomic E-state index is 12.7. The van der Waals surface area contributed by atoms with Crippen LogP contribution in [0.1, 0.15) is 12.5 Å². The molecule has 26 nitrogen and oxygen atoms in total. The van der Waals surface area contributed by atoms with Gasteiger partial charge < -0.3 is 60.6 Å². The number of nitrogens with zero attached hydrogens (tertiary/aromatic N) is 6. The summed E-state index contributed by atoms with van der Waals surface area (Å²) in [4.78, 5) is 74.9. The third-order valence-electron chi connectivity index (χ3n) is 7.55. The number of rotatable bonds is 12. The van der Waals surface area contributed by atoms with Crippen molar-refractivity contribution in [2.75, 3.05) is 29.7 Å². The molecule has 30 heteroatoms. The quantitative estimate of drug-likeness (QED) is 0.0630. The van der Waals surface area contributed by atoms with Crippen LogP contribution in [0.5, 0.6) is 0 Å². The Morgan fingerprint density at radius 3 is 1.76 bits per heavy atom. The predicted molar refractivity (Wildman–Crippen MR) is 171 cm³/mol. The monoisotopic (exact) mass is 802 g/mol. The fraction of sp³-hybridized carbons (Fsp3) is 0.524. The van der Waals surface area contributed by atoms with E-state index in [1.165, 1.54) is 0 Å². The molecule has 6 heterocycles. The third-order valence-corrected chi connectivity index (χ3v) is 15.6.